The van der Waals surface area contributed by atoms with E-state index in [0.29, 0.717) is 31.1 Å². The van der Waals surface area contributed by atoms with Crippen LogP contribution in [0, 0.1) is 0 Å². The van der Waals surface area contributed by atoms with Gasteiger partial charge in [0.15, 0.2) is 0 Å². The molecule has 4 rings (SSSR count). The van der Waals surface area contributed by atoms with E-state index in [1.807, 2.05) is 24.6 Å². The zero-order valence-electron chi connectivity index (χ0n) is 16.4. The van der Waals surface area contributed by atoms with Crippen molar-refractivity contribution in [3.8, 4) is 10.7 Å². The van der Waals surface area contributed by atoms with E-state index in [0.717, 1.165) is 36.7 Å². The van der Waals surface area contributed by atoms with Crippen molar-refractivity contribution in [2.75, 3.05) is 38.3 Å². The van der Waals surface area contributed by atoms with E-state index in [4.69, 9.17) is 9.26 Å². The standard InChI is InChI=1S/C21H24N4O3S/c1-24(15-16-4-6-17(7-5-16)25-10-12-27-13-11-25)20(26)9-8-19-22-21(23-28-19)18-3-2-14-29-18/h2-7,14H,8-13,15H2,1H3. The van der Waals surface area contributed by atoms with Gasteiger partial charge in [0.05, 0.1) is 18.1 Å². The van der Waals surface area contributed by atoms with Gasteiger partial charge in [-0.1, -0.05) is 23.4 Å². The number of anilines is 1. The van der Waals surface area contributed by atoms with Crippen molar-refractivity contribution in [1.82, 2.24) is 15.0 Å². The number of hydrogen-bond acceptors (Lipinski definition) is 7. The number of carbonyl (C=O) groups is 1. The number of hydrogen-bond donors (Lipinski definition) is 0. The zero-order chi connectivity index (χ0) is 20.1. The molecule has 1 aliphatic heterocycles. The van der Waals surface area contributed by atoms with Crippen LogP contribution >= 0.6 is 11.3 Å². The molecule has 0 saturated carbocycles. The first-order chi connectivity index (χ1) is 14.2. The Balaban J connectivity index is 1.27. The normalized spacial score (nSPS) is 14.2. The Labute approximate surface area is 173 Å². The van der Waals surface area contributed by atoms with Crippen LogP contribution in [0.4, 0.5) is 5.69 Å². The van der Waals surface area contributed by atoms with Gasteiger partial charge in [0.25, 0.3) is 0 Å². The quantitative estimate of drug-likeness (QED) is 0.593. The first kappa shape index (κ1) is 19.6. The van der Waals surface area contributed by atoms with Gasteiger partial charge in [-0.15, -0.1) is 11.3 Å². The van der Waals surface area contributed by atoms with Crippen molar-refractivity contribution < 1.29 is 14.1 Å². The highest BCUT2D eigenvalue weighted by atomic mass is 32.1. The lowest BCUT2D eigenvalue weighted by molar-refractivity contribution is -0.130. The highest BCUT2D eigenvalue weighted by Gasteiger charge is 2.15. The Morgan fingerprint density at radius 2 is 2.00 bits per heavy atom. The monoisotopic (exact) mass is 412 g/mol. The Kier molecular flexibility index (Phi) is 6.21. The SMILES string of the molecule is CN(Cc1ccc(N2CCOCC2)cc1)C(=O)CCc1nc(-c2cccs2)no1. The predicted molar refractivity (Wildman–Crippen MR) is 112 cm³/mol. The second-order valence-electron chi connectivity index (χ2n) is 7.00. The fourth-order valence-electron chi connectivity index (χ4n) is 3.26. The molecular formula is C21H24N4O3S. The maximum Gasteiger partial charge on any atom is 0.227 e. The lowest BCUT2D eigenvalue weighted by Crippen LogP contribution is -2.36. The van der Waals surface area contributed by atoms with E-state index >= 15 is 0 Å². The predicted octanol–water partition coefficient (Wildman–Crippen LogP) is 3.23. The summed E-state index contributed by atoms with van der Waals surface area (Å²) in [6.45, 7) is 3.96. The van der Waals surface area contributed by atoms with E-state index in [-0.39, 0.29) is 5.91 Å². The average Bonchev–Trinajstić information content (AvgIpc) is 3.45. The number of thiophene rings is 1. The van der Waals surface area contributed by atoms with Crippen LogP contribution in [0.15, 0.2) is 46.3 Å². The van der Waals surface area contributed by atoms with Gasteiger partial charge in [0.2, 0.25) is 17.6 Å². The largest absolute Gasteiger partial charge is 0.378 e. The maximum atomic E-state index is 12.5. The summed E-state index contributed by atoms with van der Waals surface area (Å²) in [7, 11) is 1.82. The lowest BCUT2D eigenvalue weighted by Gasteiger charge is -2.29. The number of amides is 1. The molecule has 0 atom stereocenters. The van der Waals surface area contributed by atoms with E-state index in [1.54, 1.807) is 16.2 Å². The Morgan fingerprint density at radius 3 is 2.72 bits per heavy atom. The fraction of sp³-hybridized carbons (Fsp3) is 0.381. The molecule has 0 spiro atoms. The third-order valence-electron chi connectivity index (χ3n) is 4.92. The molecule has 1 fully saturated rings. The summed E-state index contributed by atoms with van der Waals surface area (Å²) >= 11 is 1.56. The Hall–Kier alpha value is -2.71. The number of aromatic nitrogens is 2. The smallest absolute Gasteiger partial charge is 0.227 e. The van der Waals surface area contributed by atoms with Crippen LogP contribution in [0.2, 0.25) is 0 Å². The van der Waals surface area contributed by atoms with E-state index in [9.17, 15) is 4.79 Å². The van der Waals surface area contributed by atoms with Crippen LogP contribution in [0.1, 0.15) is 17.9 Å². The van der Waals surface area contributed by atoms with Crippen LogP contribution in [-0.2, 0) is 22.5 Å². The number of benzene rings is 1. The highest BCUT2D eigenvalue weighted by molar-refractivity contribution is 7.13. The third-order valence-corrected chi connectivity index (χ3v) is 5.79. The van der Waals surface area contributed by atoms with Gasteiger partial charge < -0.3 is 19.1 Å². The number of rotatable bonds is 7. The zero-order valence-corrected chi connectivity index (χ0v) is 17.2. The molecule has 0 bridgehead atoms. The molecule has 1 saturated heterocycles. The molecule has 152 valence electrons. The molecule has 0 N–H and O–H groups in total. The van der Waals surface area contributed by atoms with E-state index in [2.05, 4.69) is 39.3 Å². The first-order valence-corrected chi connectivity index (χ1v) is 10.6. The van der Waals surface area contributed by atoms with Gasteiger partial charge in [-0.05, 0) is 29.1 Å². The van der Waals surface area contributed by atoms with Crippen molar-refractivity contribution in [2.24, 2.45) is 0 Å². The maximum absolute atomic E-state index is 12.5. The highest BCUT2D eigenvalue weighted by Crippen LogP contribution is 2.22. The molecule has 0 radical (unpaired) electrons. The molecule has 1 aromatic carbocycles. The van der Waals surface area contributed by atoms with E-state index < -0.39 is 0 Å². The van der Waals surface area contributed by atoms with Gasteiger partial charge in [-0.3, -0.25) is 4.79 Å². The minimum absolute atomic E-state index is 0.0538. The summed E-state index contributed by atoms with van der Waals surface area (Å²) in [4.78, 5) is 21.9. The van der Waals surface area contributed by atoms with Crippen molar-refractivity contribution in [1.29, 1.82) is 0 Å². The van der Waals surface area contributed by atoms with E-state index in [1.165, 1.54) is 5.69 Å². The number of nitrogens with zero attached hydrogens (tertiary/aromatic N) is 4. The lowest BCUT2D eigenvalue weighted by atomic mass is 10.1. The van der Waals surface area contributed by atoms with Gasteiger partial charge in [0, 0.05) is 45.2 Å². The summed E-state index contributed by atoms with van der Waals surface area (Å²) in [6.07, 6.45) is 0.784. The Morgan fingerprint density at radius 1 is 1.21 bits per heavy atom. The molecule has 29 heavy (non-hydrogen) atoms. The second-order valence-corrected chi connectivity index (χ2v) is 7.95. The number of morpholine rings is 1. The van der Waals surface area contributed by atoms with Gasteiger partial charge in [-0.25, -0.2) is 0 Å². The van der Waals surface area contributed by atoms with Gasteiger partial charge >= 0.3 is 0 Å². The molecule has 1 aliphatic rings. The van der Waals surface area contributed by atoms with Crippen molar-refractivity contribution in [3.63, 3.8) is 0 Å². The Bertz CT molecular complexity index is 918. The summed E-state index contributed by atoms with van der Waals surface area (Å²) < 4.78 is 10.7. The fourth-order valence-corrected chi connectivity index (χ4v) is 3.91. The molecule has 2 aromatic heterocycles. The summed E-state index contributed by atoms with van der Waals surface area (Å²) in [5, 5.41) is 5.95. The van der Waals surface area contributed by atoms with Crippen LogP contribution < -0.4 is 4.90 Å². The third kappa shape index (κ3) is 5.02. The molecule has 3 heterocycles. The summed E-state index contributed by atoms with van der Waals surface area (Å²) in [6, 6.07) is 12.3. The molecular weight excluding hydrogens is 388 g/mol. The van der Waals surface area contributed by atoms with Crippen LogP contribution in [-0.4, -0.2) is 54.3 Å². The van der Waals surface area contributed by atoms with Gasteiger partial charge in [-0.2, -0.15) is 4.98 Å². The number of carbonyl (C=O) groups excluding carboxylic acids is 1. The number of ether oxygens (including phenoxy) is 1. The number of aryl methyl sites for hydroxylation is 1. The van der Waals surface area contributed by atoms with Crippen molar-refractivity contribution in [2.45, 2.75) is 19.4 Å². The molecule has 1 amide bonds. The minimum atomic E-state index is 0.0538. The summed E-state index contributed by atoms with van der Waals surface area (Å²) in [5.41, 5.74) is 2.31. The minimum Gasteiger partial charge on any atom is -0.378 e. The molecule has 7 nitrogen and oxygen atoms in total. The second kappa shape index (κ2) is 9.19. The average molecular weight is 413 g/mol. The van der Waals surface area contributed by atoms with Crippen LogP contribution in [0.5, 0.6) is 0 Å². The van der Waals surface area contributed by atoms with Crippen LogP contribution in [0.25, 0.3) is 10.7 Å². The van der Waals surface area contributed by atoms with Gasteiger partial charge in [0.1, 0.15) is 0 Å². The molecule has 8 heteroatoms. The van der Waals surface area contributed by atoms with Crippen molar-refractivity contribution in [3.05, 3.63) is 53.2 Å². The molecule has 3 aromatic rings. The summed E-state index contributed by atoms with van der Waals surface area (Å²) in [5.74, 6) is 1.12. The molecule has 0 unspecified atom stereocenters. The first-order valence-electron chi connectivity index (χ1n) is 9.71. The molecule has 0 aliphatic carbocycles. The van der Waals surface area contributed by atoms with Crippen molar-refractivity contribution >= 4 is 22.9 Å². The van der Waals surface area contributed by atoms with Crippen LogP contribution in [0.3, 0.4) is 0 Å². The topological polar surface area (TPSA) is 71.7 Å².